The molecule has 110 valence electrons. The van der Waals surface area contributed by atoms with Crippen LogP contribution in [-0.2, 0) is 13.1 Å². The lowest BCUT2D eigenvalue weighted by Crippen LogP contribution is -1.89. The molecule has 0 spiro atoms. The summed E-state index contributed by atoms with van der Waals surface area (Å²) < 4.78 is 0.856. The van der Waals surface area contributed by atoms with Gasteiger partial charge in [-0.25, -0.2) is 0 Å². The number of rotatable bonds is 0. The summed E-state index contributed by atoms with van der Waals surface area (Å²) in [5.74, 6) is 0. The van der Waals surface area contributed by atoms with Crippen LogP contribution in [0.1, 0.15) is 33.4 Å². The van der Waals surface area contributed by atoms with E-state index in [9.17, 15) is 0 Å². The van der Waals surface area contributed by atoms with Crippen LogP contribution in [0, 0.1) is 22.7 Å². The predicted octanol–water partition coefficient (Wildman–Crippen LogP) is 3.70. The average molecular weight is 363 g/mol. The Kier molecular flexibility index (Phi) is 4.32. The molecule has 0 unspecified atom stereocenters. The molecule has 0 aromatic heterocycles. The van der Waals surface area contributed by atoms with Gasteiger partial charge >= 0.3 is 0 Å². The van der Waals surface area contributed by atoms with Crippen molar-refractivity contribution in [2.45, 2.75) is 13.1 Å². The van der Waals surface area contributed by atoms with E-state index in [0.29, 0.717) is 11.1 Å². The van der Waals surface area contributed by atoms with Crippen LogP contribution < -0.4 is 0 Å². The van der Waals surface area contributed by atoms with E-state index in [1.54, 1.807) is 0 Å². The largest absolute Gasteiger partial charge is 0.288 e. The molecule has 5 heteroatoms. The molecule has 4 nitrogen and oxygen atoms in total. The molecule has 2 aromatic rings. The zero-order valence-corrected chi connectivity index (χ0v) is 13.7. The van der Waals surface area contributed by atoms with Crippen molar-refractivity contribution in [3.63, 3.8) is 0 Å². The highest BCUT2D eigenvalue weighted by atomic mass is 79.9. The van der Waals surface area contributed by atoms with Gasteiger partial charge in [0.2, 0.25) is 0 Å². The summed E-state index contributed by atoms with van der Waals surface area (Å²) >= 11 is 3.34. The van der Waals surface area contributed by atoms with Crippen LogP contribution in [0.15, 0.2) is 46.4 Å². The third-order valence-electron chi connectivity index (χ3n) is 3.62. The maximum Gasteiger partial charge on any atom is 0.108 e. The number of nitrogens with zero attached hydrogens (tertiary/aromatic N) is 4. The second-order valence-corrected chi connectivity index (χ2v) is 5.84. The predicted molar refractivity (Wildman–Crippen MR) is 92.8 cm³/mol. The minimum atomic E-state index is 0.683. The topological polar surface area (TPSA) is 72.3 Å². The summed E-state index contributed by atoms with van der Waals surface area (Å²) in [6, 6.07) is 15.5. The van der Waals surface area contributed by atoms with Crippen molar-refractivity contribution in [2.24, 2.45) is 9.98 Å². The van der Waals surface area contributed by atoms with Crippen molar-refractivity contribution in [3.05, 3.63) is 69.8 Å². The lowest BCUT2D eigenvalue weighted by molar-refractivity contribution is 1.11. The van der Waals surface area contributed by atoms with E-state index in [4.69, 9.17) is 10.5 Å². The Balaban J connectivity index is 0.000000136. The SMILES string of the molecule is N#Cc1ccc2c(c1)C(Br)=NC2.N#Cc1ccc2c(c1)C=NC2. The molecular formula is C18H11BrN4. The molecule has 0 amide bonds. The third-order valence-corrected chi connectivity index (χ3v) is 4.29. The molecule has 0 radical (unpaired) electrons. The van der Waals surface area contributed by atoms with Crippen molar-refractivity contribution in [3.8, 4) is 12.1 Å². The lowest BCUT2D eigenvalue weighted by atomic mass is 10.1. The first-order valence-corrected chi connectivity index (χ1v) is 7.77. The van der Waals surface area contributed by atoms with Gasteiger partial charge in [-0.1, -0.05) is 12.1 Å². The fourth-order valence-electron chi connectivity index (χ4n) is 2.39. The summed E-state index contributed by atoms with van der Waals surface area (Å²) in [5.41, 5.74) is 5.92. The molecule has 0 saturated carbocycles. The van der Waals surface area contributed by atoms with Gasteiger partial charge in [0.25, 0.3) is 0 Å². The smallest absolute Gasteiger partial charge is 0.108 e. The molecule has 0 N–H and O–H groups in total. The maximum absolute atomic E-state index is 8.65. The highest BCUT2D eigenvalue weighted by Crippen LogP contribution is 2.22. The molecule has 2 aliphatic heterocycles. The summed E-state index contributed by atoms with van der Waals surface area (Å²) in [6.45, 7) is 1.49. The molecule has 2 heterocycles. The van der Waals surface area contributed by atoms with Gasteiger partial charge in [-0.15, -0.1) is 0 Å². The van der Waals surface area contributed by atoms with E-state index in [2.05, 4.69) is 38.1 Å². The maximum atomic E-state index is 8.65. The molecule has 4 rings (SSSR count). The van der Waals surface area contributed by atoms with Crippen LogP contribution in [0.3, 0.4) is 0 Å². The van der Waals surface area contributed by atoms with Crippen LogP contribution in [0.25, 0.3) is 0 Å². The Morgan fingerprint density at radius 1 is 0.913 bits per heavy atom. The highest BCUT2D eigenvalue weighted by Gasteiger charge is 2.13. The fraction of sp³-hybridized carbons (Fsp3) is 0.111. The number of benzene rings is 2. The van der Waals surface area contributed by atoms with Crippen LogP contribution in [0.2, 0.25) is 0 Å². The van der Waals surface area contributed by atoms with Crippen molar-refractivity contribution in [1.82, 2.24) is 0 Å². The Morgan fingerprint density at radius 2 is 1.61 bits per heavy atom. The minimum Gasteiger partial charge on any atom is -0.288 e. The molecule has 0 fully saturated rings. The Hall–Kier alpha value is -2.76. The molecule has 0 bridgehead atoms. The lowest BCUT2D eigenvalue weighted by Gasteiger charge is -1.97. The molecule has 0 aliphatic carbocycles. The van der Waals surface area contributed by atoms with Gasteiger partial charge in [0.1, 0.15) is 4.62 Å². The second kappa shape index (κ2) is 6.56. The number of halogens is 1. The highest BCUT2D eigenvalue weighted by molar-refractivity contribution is 9.18. The van der Waals surface area contributed by atoms with E-state index in [1.807, 2.05) is 42.6 Å². The summed E-state index contributed by atoms with van der Waals surface area (Å²) in [5, 5.41) is 17.2. The van der Waals surface area contributed by atoms with Gasteiger partial charge in [-0.05, 0) is 56.9 Å². The van der Waals surface area contributed by atoms with E-state index < -0.39 is 0 Å². The Morgan fingerprint density at radius 3 is 2.35 bits per heavy atom. The van der Waals surface area contributed by atoms with Crippen LogP contribution in [0.4, 0.5) is 0 Å². The van der Waals surface area contributed by atoms with Crippen LogP contribution in [-0.4, -0.2) is 10.8 Å². The second-order valence-electron chi connectivity index (χ2n) is 5.09. The fourth-order valence-corrected chi connectivity index (χ4v) is 2.88. The van der Waals surface area contributed by atoms with Gasteiger partial charge in [0.15, 0.2) is 0 Å². The van der Waals surface area contributed by atoms with Gasteiger partial charge in [-0.2, -0.15) is 10.5 Å². The molecule has 2 aromatic carbocycles. The average Bonchev–Trinajstić information content (AvgIpc) is 3.21. The van der Waals surface area contributed by atoms with Crippen molar-refractivity contribution >= 4 is 26.8 Å². The number of hydrogen-bond acceptors (Lipinski definition) is 4. The minimum absolute atomic E-state index is 0.683. The molecular weight excluding hydrogens is 352 g/mol. The van der Waals surface area contributed by atoms with Crippen molar-refractivity contribution in [2.75, 3.05) is 0 Å². The van der Waals surface area contributed by atoms with E-state index in [1.165, 1.54) is 11.1 Å². The van der Waals surface area contributed by atoms with E-state index in [0.717, 1.165) is 28.8 Å². The van der Waals surface area contributed by atoms with Crippen LogP contribution >= 0.6 is 15.9 Å². The number of hydrogen-bond donors (Lipinski definition) is 0. The van der Waals surface area contributed by atoms with Gasteiger partial charge in [0.05, 0.1) is 36.4 Å². The first kappa shape index (κ1) is 15.1. The molecule has 2 aliphatic rings. The molecule has 0 saturated heterocycles. The normalized spacial score (nSPS) is 13.1. The van der Waals surface area contributed by atoms with Crippen LogP contribution in [0.5, 0.6) is 0 Å². The number of fused-ring (bicyclic) bond motifs is 2. The van der Waals surface area contributed by atoms with Crippen molar-refractivity contribution in [1.29, 1.82) is 10.5 Å². The first-order valence-electron chi connectivity index (χ1n) is 6.97. The van der Waals surface area contributed by atoms with Crippen molar-refractivity contribution < 1.29 is 0 Å². The Bertz CT molecular complexity index is 914. The zero-order valence-electron chi connectivity index (χ0n) is 12.1. The number of aliphatic imine (C=N–C) groups is 2. The molecule has 0 atom stereocenters. The number of nitriles is 2. The third kappa shape index (κ3) is 3.21. The summed E-state index contributed by atoms with van der Waals surface area (Å²) in [7, 11) is 0. The zero-order chi connectivity index (χ0) is 16.2. The standard InChI is InChI=1S/C9H5BrN2.C9H6N2/c10-9-8-3-6(4-11)1-2-7(8)5-12-9;10-4-7-1-2-8-5-11-6-9(8)3-7/h1-3H,5H2;1-3,6H,5H2. The first-order chi connectivity index (χ1) is 11.2. The van der Waals surface area contributed by atoms with Gasteiger partial charge in [0, 0.05) is 11.8 Å². The Labute approximate surface area is 142 Å². The monoisotopic (exact) mass is 362 g/mol. The quantitative estimate of drug-likeness (QED) is 0.716. The molecule has 23 heavy (non-hydrogen) atoms. The van der Waals surface area contributed by atoms with Gasteiger partial charge < -0.3 is 0 Å². The van der Waals surface area contributed by atoms with Gasteiger partial charge in [-0.3, -0.25) is 9.98 Å². The van der Waals surface area contributed by atoms with E-state index in [-0.39, 0.29) is 0 Å². The van der Waals surface area contributed by atoms with E-state index >= 15 is 0 Å². The summed E-state index contributed by atoms with van der Waals surface area (Å²) in [6.07, 6.45) is 1.82. The summed E-state index contributed by atoms with van der Waals surface area (Å²) in [4.78, 5) is 8.30.